The minimum atomic E-state index is -4.54. The van der Waals surface area contributed by atoms with E-state index < -0.39 is 18.9 Å². The first-order valence-corrected chi connectivity index (χ1v) is 6.35. The van der Waals surface area contributed by atoms with Crippen LogP contribution < -0.4 is 0 Å². The van der Waals surface area contributed by atoms with Crippen molar-refractivity contribution in [3.8, 4) is 0 Å². The molecule has 0 aliphatic carbocycles. The largest absolute Gasteiger partial charge is 0.440 e. The summed E-state index contributed by atoms with van der Waals surface area (Å²) in [6.07, 6.45) is -4.17. The van der Waals surface area contributed by atoms with E-state index in [0.717, 1.165) is 9.78 Å². The predicted octanol–water partition coefficient (Wildman–Crippen LogP) is 4.09. The molecule has 0 aliphatic heterocycles. The van der Waals surface area contributed by atoms with Crippen molar-refractivity contribution >= 4 is 29.0 Å². The molecular formula is C11H11ClF3NO2S. The Balaban J connectivity index is 2.61. The van der Waals surface area contributed by atoms with Crippen LogP contribution in [-0.4, -0.2) is 30.3 Å². The van der Waals surface area contributed by atoms with Gasteiger partial charge in [0.15, 0.2) is 6.61 Å². The molecule has 0 aliphatic rings. The van der Waals surface area contributed by atoms with Gasteiger partial charge in [0.25, 0.3) is 0 Å². The van der Waals surface area contributed by atoms with Gasteiger partial charge in [-0.3, -0.25) is 4.90 Å². The van der Waals surface area contributed by atoms with Gasteiger partial charge in [0.05, 0.1) is 10.9 Å². The Morgan fingerprint density at radius 3 is 2.68 bits per heavy atom. The van der Waals surface area contributed by atoms with Crippen LogP contribution in [0, 0.1) is 0 Å². The zero-order valence-electron chi connectivity index (χ0n) is 9.74. The van der Waals surface area contributed by atoms with E-state index in [1.807, 2.05) is 0 Å². The molecule has 8 heteroatoms. The van der Waals surface area contributed by atoms with Crippen LogP contribution in [0.2, 0.25) is 4.34 Å². The molecule has 1 amide bonds. The lowest BCUT2D eigenvalue weighted by atomic mass is 10.4. The number of hydrogen-bond donors (Lipinski definition) is 0. The average molecular weight is 314 g/mol. The molecule has 0 aromatic carbocycles. The van der Waals surface area contributed by atoms with Crippen molar-refractivity contribution in [2.24, 2.45) is 0 Å². The highest BCUT2D eigenvalue weighted by Gasteiger charge is 2.30. The maximum Gasteiger partial charge on any atom is 0.422 e. The minimum absolute atomic E-state index is 0.0895. The van der Waals surface area contributed by atoms with Gasteiger partial charge in [-0.15, -0.1) is 17.9 Å². The van der Waals surface area contributed by atoms with E-state index in [0.29, 0.717) is 4.34 Å². The number of hydrogen-bond acceptors (Lipinski definition) is 3. The van der Waals surface area contributed by atoms with Crippen LogP contribution in [0.5, 0.6) is 0 Å². The molecule has 106 valence electrons. The zero-order valence-corrected chi connectivity index (χ0v) is 11.3. The van der Waals surface area contributed by atoms with Crippen molar-refractivity contribution in [3.63, 3.8) is 0 Å². The van der Waals surface area contributed by atoms with Crippen molar-refractivity contribution in [1.82, 2.24) is 4.90 Å². The third kappa shape index (κ3) is 5.98. The van der Waals surface area contributed by atoms with E-state index in [4.69, 9.17) is 11.6 Å². The van der Waals surface area contributed by atoms with Crippen LogP contribution in [0.4, 0.5) is 18.0 Å². The van der Waals surface area contributed by atoms with Gasteiger partial charge in [-0.25, -0.2) is 4.79 Å². The van der Waals surface area contributed by atoms with Crippen LogP contribution >= 0.6 is 22.9 Å². The van der Waals surface area contributed by atoms with E-state index in [1.54, 1.807) is 12.1 Å². The Morgan fingerprint density at radius 1 is 1.53 bits per heavy atom. The number of alkyl halides is 3. The third-order valence-corrected chi connectivity index (χ3v) is 3.16. The Bertz CT molecular complexity index is 447. The summed E-state index contributed by atoms with van der Waals surface area (Å²) in [5.74, 6) is 0. The smallest absolute Gasteiger partial charge is 0.422 e. The van der Waals surface area contributed by atoms with Crippen molar-refractivity contribution in [1.29, 1.82) is 0 Å². The zero-order chi connectivity index (χ0) is 14.5. The molecule has 1 aromatic rings. The molecule has 0 saturated heterocycles. The number of carbonyl (C=O) groups is 1. The first-order chi connectivity index (χ1) is 8.81. The molecule has 0 N–H and O–H groups in total. The topological polar surface area (TPSA) is 29.5 Å². The predicted molar refractivity (Wildman–Crippen MR) is 67.3 cm³/mol. The Kier molecular flexibility index (Phi) is 5.68. The van der Waals surface area contributed by atoms with Gasteiger partial charge in [-0.2, -0.15) is 13.2 Å². The molecule has 0 unspecified atom stereocenters. The maximum absolute atomic E-state index is 12.0. The van der Waals surface area contributed by atoms with Crippen LogP contribution in [0.25, 0.3) is 0 Å². The van der Waals surface area contributed by atoms with Crippen molar-refractivity contribution in [2.75, 3.05) is 13.2 Å². The highest BCUT2D eigenvalue weighted by Crippen LogP contribution is 2.23. The minimum Gasteiger partial charge on any atom is -0.440 e. The third-order valence-electron chi connectivity index (χ3n) is 1.94. The highest BCUT2D eigenvalue weighted by atomic mass is 35.5. The summed E-state index contributed by atoms with van der Waals surface area (Å²) in [6, 6.07) is 3.34. The molecule has 0 spiro atoms. The van der Waals surface area contributed by atoms with Crippen molar-refractivity contribution < 1.29 is 22.7 Å². The van der Waals surface area contributed by atoms with Crippen molar-refractivity contribution in [2.45, 2.75) is 12.7 Å². The summed E-state index contributed by atoms with van der Waals surface area (Å²) in [5, 5.41) is 0. The second-order valence-corrected chi connectivity index (χ2v) is 5.34. The molecule has 0 bridgehead atoms. The van der Waals surface area contributed by atoms with Gasteiger partial charge in [0.2, 0.25) is 0 Å². The van der Waals surface area contributed by atoms with Crippen LogP contribution in [0.15, 0.2) is 24.8 Å². The maximum atomic E-state index is 12.0. The molecule has 19 heavy (non-hydrogen) atoms. The SMILES string of the molecule is C=CCN(Cc1ccc(Cl)s1)C(=O)OCC(F)(F)F. The standard InChI is InChI=1S/C11H11ClF3NO2S/c1-2-5-16(6-8-3-4-9(12)19-8)10(17)18-7-11(13,14)15/h2-4H,1,5-7H2. The first kappa shape index (κ1) is 15.8. The summed E-state index contributed by atoms with van der Waals surface area (Å²) in [6.45, 7) is 2.05. The monoisotopic (exact) mass is 313 g/mol. The number of halogens is 4. The number of thiophene rings is 1. The van der Waals surface area contributed by atoms with E-state index in [1.165, 1.54) is 17.4 Å². The molecule has 0 atom stereocenters. The summed E-state index contributed by atoms with van der Waals surface area (Å²) < 4.78 is 40.6. The van der Waals surface area contributed by atoms with Gasteiger partial charge < -0.3 is 4.74 Å². The Labute approximate surface area is 117 Å². The lowest BCUT2D eigenvalue weighted by Gasteiger charge is -2.20. The molecular weight excluding hydrogens is 303 g/mol. The van der Waals surface area contributed by atoms with Gasteiger partial charge >= 0.3 is 12.3 Å². The fourth-order valence-corrected chi connectivity index (χ4v) is 2.32. The molecule has 0 saturated carbocycles. The average Bonchev–Trinajstić information content (AvgIpc) is 2.70. The second-order valence-electron chi connectivity index (χ2n) is 3.54. The second kappa shape index (κ2) is 6.81. The summed E-state index contributed by atoms with van der Waals surface area (Å²) >= 11 is 6.98. The summed E-state index contributed by atoms with van der Waals surface area (Å²) in [7, 11) is 0. The van der Waals surface area contributed by atoms with Crippen LogP contribution in [0.3, 0.4) is 0 Å². The summed E-state index contributed by atoms with van der Waals surface area (Å²) in [5.41, 5.74) is 0. The Hall–Kier alpha value is -1.21. The normalized spacial score (nSPS) is 11.2. The number of carbonyl (C=O) groups excluding carboxylic acids is 1. The number of rotatable bonds is 5. The van der Waals surface area contributed by atoms with Gasteiger partial charge in [-0.05, 0) is 12.1 Å². The molecule has 1 rings (SSSR count). The molecule has 0 fully saturated rings. The van der Waals surface area contributed by atoms with Crippen LogP contribution in [-0.2, 0) is 11.3 Å². The lowest BCUT2D eigenvalue weighted by molar-refractivity contribution is -0.162. The summed E-state index contributed by atoms with van der Waals surface area (Å²) in [4.78, 5) is 13.4. The molecule has 3 nitrogen and oxygen atoms in total. The Morgan fingerprint density at radius 2 is 2.21 bits per heavy atom. The van der Waals surface area contributed by atoms with Crippen LogP contribution in [0.1, 0.15) is 4.88 Å². The molecule has 1 aromatic heterocycles. The fraction of sp³-hybridized carbons (Fsp3) is 0.364. The van der Waals surface area contributed by atoms with Crippen molar-refractivity contribution in [3.05, 3.63) is 34.0 Å². The highest BCUT2D eigenvalue weighted by molar-refractivity contribution is 7.16. The lowest BCUT2D eigenvalue weighted by Crippen LogP contribution is -2.33. The van der Waals surface area contributed by atoms with Gasteiger partial charge in [0.1, 0.15) is 0 Å². The molecule has 0 radical (unpaired) electrons. The van der Waals surface area contributed by atoms with Gasteiger partial charge in [-0.1, -0.05) is 17.7 Å². The van der Waals surface area contributed by atoms with E-state index in [2.05, 4.69) is 11.3 Å². The van der Waals surface area contributed by atoms with E-state index >= 15 is 0 Å². The first-order valence-electron chi connectivity index (χ1n) is 5.15. The molecule has 1 heterocycles. The quantitative estimate of drug-likeness (QED) is 0.766. The van der Waals surface area contributed by atoms with E-state index in [9.17, 15) is 18.0 Å². The number of nitrogens with zero attached hydrogens (tertiary/aromatic N) is 1. The number of amides is 1. The fourth-order valence-electron chi connectivity index (χ4n) is 1.22. The number of ether oxygens (including phenoxy) is 1. The van der Waals surface area contributed by atoms with E-state index in [-0.39, 0.29) is 13.1 Å². The van der Waals surface area contributed by atoms with Gasteiger partial charge in [0, 0.05) is 11.4 Å².